The maximum Gasteiger partial charge on any atom is 0.254 e. The van der Waals surface area contributed by atoms with Gasteiger partial charge in [-0.2, -0.15) is 0 Å². The van der Waals surface area contributed by atoms with Gasteiger partial charge in [0.25, 0.3) is 5.91 Å². The fourth-order valence-corrected chi connectivity index (χ4v) is 3.03. The largest absolute Gasteiger partial charge is 0.454 e. The first-order valence-corrected chi connectivity index (χ1v) is 8.53. The zero-order chi connectivity index (χ0) is 17.1. The highest BCUT2D eigenvalue weighted by Crippen LogP contribution is 2.32. The van der Waals surface area contributed by atoms with Gasteiger partial charge in [0.05, 0.1) is 5.56 Å². The molecule has 0 bridgehead atoms. The Balaban J connectivity index is 1.36. The summed E-state index contributed by atoms with van der Waals surface area (Å²) in [5.74, 6) is 1.95. The standard InChI is InChI=1S/C18H20N4O3/c23-17(19-9-13-4-5-15-16(8-13)25-12-24-15)14-10-20-18(21-11-14)22-6-2-1-3-7-22/h4-5,8,10-11H,1-3,6-7,9,12H2,(H,19,23). The van der Waals surface area contributed by atoms with Crippen molar-refractivity contribution in [2.45, 2.75) is 25.8 Å². The van der Waals surface area contributed by atoms with Crippen molar-refractivity contribution in [2.24, 2.45) is 0 Å². The van der Waals surface area contributed by atoms with E-state index in [0.29, 0.717) is 23.8 Å². The molecule has 2 aliphatic heterocycles. The van der Waals surface area contributed by atoms with E-state index in [9.17, 15) is 4.79 Å². The van der Waals surface area contributed by atoms with Crippen molar-refractivity contribution in [1.82, 2.24) is 15.3 Å². The summed E-state index contributed by atoms with van der Waals surface area (Å²) in [5.41, 5.74) is 1.41. The summed E-state index contributed by atoms with van der Waals surface area (Å²) in [6.07, 6.45) is 6.77. The summed E-state index contributed by atoms with van der Waals surface area (Å²) in [4.78, 5) is 23.1. The number of amides is 1. The molecule has 25 heavy (non-hydrogen) atoms. The number of aromatic nitrogens is 2. The molecule has 2 aliphatic rings. The van der Waals surface area contributed by atoms with Crippen LogP contribution in [-0.4, -0.2) is 35.8 Å². The lowest BCUT2D eigenvalue weighted by atomic mass is 10.1. The van der Waals surface area contributed by atoms with E-state index in [-0.39, 0.29) is 12.7 Å². The number of nitrogens with one attached hydrogen (secondary N) is 1. The van der Waals surface area contributed by atoms with Crippen LogP contribution in [0.15, 0.2) is 30.6 Å². The molecule has 0 aliphatic carbocycles. The van der Waals surface area contributed by atoms with Gasteiger partial charge in [-0.15, -0.1) is 0 Å². The second-order valence-electron chi connectivity index (χ2n) is 6.19. The third kappa shape index (κ3) is 3.50. The molecule has 130 valence electrons. The molecule has 0 spiro atoms. The minimum Gasteiger partial charge on any atom is -0.454 e. The topological polar surface area (TPSA) is 76.6 Å². The minimum atomic E-state index is -0.192. The lowest BCUT2D eigenvalue weighted by Crippen LogP contribution is -2.31. The van der Waals surface area contributed by atoms with Gasteiger partial charge < -0.3 is 19.7 Å². The highest BCUT2D eigenvalue weighted by molar-refractivity contribution is 5.93. The molecule has 3 heterocycles. The van der Waals surface area contributed by atoms with Gasteiger partial charge in [-0.25, -0.2) is 9.97 Å². The fourth-order valence-electron chi connectivity index (χ4n) is 3.03. The number of fused-ring (bicyclic) bond motifs is 1. The SMILES string of the molecule is O=C(NCc1ccc2c(c1)OCO2)c1cnc(N2CCCCC2)nc1. The fraction of sp³-hybridized carbons (Fsp3) is 0.389. The zero-order valence-corrected chi connectivity index (χ0v) is 13.9. The molecule has 1 fully saturated rings. The first kappa shape index (κ1) is 15.7. The van der Waals surface area contributed by atoms with Gasteiger partial charge in [0.2, 0.25) is 12.7 Å². The van der Waals surface area contributed by atoms with Crippen LogP contribution in [0.5, 0.6) is 11.5 Å². The van der Waals surface area contributed by atoms with E-state index in [4.69, 9.17) is 9.47 Å². The van der Waals surface area contributed by atoms with Crippen LogP contribution < -0.4 is 19.7 Å². The first-order valence-electron chi connectivity index (χ1n) is 8.53. The van der Waals surface area contributed by atoms with Gasteiger partial charge in [-0.1, -0.05) is 6.07 Å². The van der Waals surface area contributed by atoms with E-state index in [1.165, 1.54) is 19.3 Å². The molecule has 4 rings (SSSR count). The Morgan fingerprint density at radius 3 is 2.64 bits per heavy atom. The second kappa shape index (κ2) is 6.96. The minimum absolute atomic E-state index is 0.192. The quantitative estimate of drug-likeness (QED) is 0.919. The number of carbonyl (C=O) groups is 1. The molecule has 1 N–H and O–H groups in total. The van der Waals surface area contributed by atoms with E-state index >= 15 is 0 Å². The Morgan fingerprint density at radius 2 is 1.84 bits per heavy atom. The second-order valence-corrected chi connectivity index (χ2v) is 6.19. The van der Waals surface area contributed by atoms with E-state index in [0.717, 1.165) is 24.4 Å². The molecular formula is C18H20N4O3. The lowest BCUT2D eigenvalue weighted by molar-refractivity contribution is 0.0950. The Labute approximate surface area is 146 Å². The van der Waals surface area contributed by atoms with E-state index in [1.807, 2.05) is 18.2 Å². The van der Waals surface area contributed by atoms with Crippen molar-refractivity contribution in [3.8, 4) is 11.5 Å². The summed E-state index contributed by atoms with van der Waals surface area (Å²) < 4.78 is 10.6. The Bertz CT molecular complexity index is 757. The zero-order valence-electron chi connectivity index (χ0n) is 13.9. The molecule has 1 amide bonds. The van der Waals surface area contributed by atoms with Crippen molar-refractivity contribution in [2.75, 3.05) is 24.8 Å². The van der Waals surface area contributed by atoms with Crippen molar-refractivity contribution in [3.05, 3.63) is 41.7 Å². The van der Waals surface area contributed by atoms with E-state index in [2.05, 4.69) is 20.2 Å². The third-order valence-electron chi connectivity index (χ3n) is 4.43. The highest BCUT2D eigenvalue weighted by atomic mass is 16.7. The molecule has 7 heteroatoms. The van der Waals surface area contributed by atoms with Gasteiger partial charge in [0, 0.05) is 32.0 Å². The Kier molecular flexibility index (Phi) is 4.37. The summed E-state index contributed by atoms with van der Waals surface area (Å²) >= 11 is 0. The molecular weight excluding hydrogens is 320 g/mol. The number of carbonyl (C=O) groups excluding carboxylic acids is 1. The van der Waals surface area contributed by atoms with Crippen LogP contribution in [0, 0.1) is 0 Å². The van der Waals surface area contributed by atoms with Crippen LogP contribution in [0.1, 0.15) is 35.2 Å². The normalized spacial score (nSPS) is 15.9. The van der Waals surface area contributed by atoms with Gasteiger partial charge in [0.1, 0.15) is 0 Å². The number of hydrogen-bond acceptors (Lipinski definition) is 6. The van der Waals surface area contributed by atoms with E-state index < -0.39 is 0 Å². The van der Waals surface area contributed by atoms with Gasteiger partial charge >= 0.3 is 0 Å². The maximum absolute atomic E-state index is 12.3. The molecule has 7 nitrogen and oxygen atoms in total. The molecule has 1 aromatic carbocycles. The smallest absolute Gasteiger partial charge is 0.254 e. The Hall–Kier alpha value is -2.83. The number of anilines is 1. The van der Waals surface area contributed by atoms with Crippen LogP contribution in [0.2, 0.25) is 0 Å². The average Bonchev–Trinajstić information content (AvgIpc) is 3.15. The van der Waals surface area contributed by atoms with Crippen LogP contribution in [0.4, 0.5) is 5.95 Å². The summed E-state index contributed by atoms with van der Waals surface area (Å²) in [5, 5.41) is 2.88. The molecule has 2 aromatic rings. The third-order valence-corrected chi connectivity index (χ3v) is 4.43. The number of benzene rings is 1. The van der Waals surface area contributed by atoms with Gasteiger partial charge in [-0.3, -0.25) is 4.79 Å². The van der Waals surface area contributed by atoms with Crippen LogP contribution >= 0.6 is 0 Å². The molecule has 0 saturated carbocycles. The Morgan fingerprint density at radius 1 is 1.08 bits per heavy atom. The number of rotatable bonds is 4. The van der Waals surface area contributed by atoms with Crippen molar-refractivity contribution in [1.29, 1.82) is 0 Å². The van der Waals surface area contributed by atoms with Crippen LogP contribution in [0.3, 0.4) is 0 Å². The highest BCUT2D eigenvalue weighted by Gasteiger charge is 2.16. The summed E-state index contributed by atoms with van der Waals surface area (Å²) in [6, 6.07) is 5.63. The summed E-state index contributed by atoms with van der Waals surface area (Å²) in [6.45, 7) is 2.61. The van der Waals surface area contributed by atoms with Crippen LogP contribution in [-0.2, 0) is 6.54 Å². The lowest BCUT2D eigenvalue weighted by Gasteiger charge is -2.26. The van der Waals surface area contributed by atoms with Crippen molar-refractivity contribution in [3.63, 3.8) is 0 Å². The molecule has 0 radical (unpaired) electrons. The van der Waals surface area contributed by atoms with Gasteiger partial charge in [-0.05, 0) is 37.0 Å². The predicted octanol–water partition coefficient (Wildman–Crippen LogP) is 2.13. The predicted molar refractivity (Wildman–Crippen MR) is 91.8 cm³/mol. The summed E-state index contributed by atoms with van der Waals surface area (Å²) in [7, 11) is 0. The molecule has 1 aromatic heterocycles. The number of piperidine rings is 1. The van der Waals surface area contributed by atoms with E-state index in [1.54, 1.807) is 12.4 Å². The molecule has 0 atom stereocenters. The van der Waals surface area contributed by atoms with Crippen LogP contribution in [0.25, 0.3) is 0 Å². The maximum atomic E-state index is 12.3. The monoisotopic (exact) mass is 340 g/mol. The number of nitrogens with zero attached hydrogens (tertiary/aromatic N) is 3. The average molecular weight is 340 g/mol. The molecule has 1 saturated heterocycles. The number of hydrogen-bond donors (Lipinski definition) is 1. The van der Waals surface area contributed by atoms with Gasteiger partial charge in [0.15, 0.2) is 11.5 Å². The molecule has 0 unspecified atom stereocenters. The van der Waals surface area contributed by atoms with Crippen molar-refractivity contribution >= 4 is 11.9 Å². The first-order chi connectivity index (χ1) is 12.3. The van der Waals surface area contributed by atoms with Crippen molar-refractivity contribution < 1.29 is 14.3 Å². The number of ether oxygens (including phenoxy) is 2.